The van der Waals surface area contributed by atoms with Crippen LogP contribution in [0, 0.1) is 17.3 Å². The lowest BCUT2D eigenvalue weighted by Crippen LogP contribution is -2.34. The van der Waals surface area contributed by atoms with E-state index in [1.54, 1.807) is 0 Å². The molecule has 0 aliphatic heterocycles. The first kappa shape index (κ1) is 12.0. The van der Waals surface area contributed by atoms with Crippen molar-refractivity contribution in [1.29, 1.82) is 0 Å². The topological polar surface area (TPSA) is 26.3 Å². The molecule has 90 valence electrons. The first-order valence-corrected chi connectivity index (χ1v) is 6.62. The average Bonchev–Trinajstić information content (AvgIpc) is 2.84. The molecule has 2 aliphatic rings. The van der Waals surface area contributed by atoms with Gasteiger partial charge in [0.25, 0.3) is 0 Å². The van der Waals surface area contributed by atoms with Gasteiger partial charge in [0.05, 0.1) is 12.0 Å². The molecule has 0 saturated heterocycles. The van der Waals surface area contributed by atoms with E-state index in [4.69, 9.17) is 16.3 Å². The van der Waals surface area contributed by atoms with E-state index in [2.05, 4.69) is 12.2 Å². The normalized spacial score (nSPS) is 35.6. The van der Waals surface area contributed by atoms with Gasteiger partial charge in [-0.1, -0.05) is 12.2 Å². The molecule has 0 aromatic heterocycles. The summed E-state index contributed by atoms with van der Waals surface area (Å²) in [4.78, 5) is 12.0. The first-order chi connectivity index (χ1) is 7.66. The Labute approximate surface area is 102 Å². The Kier molecular flexibility index (Phi) is 3.58. The molecule has 0 amide bonds. The second-order valence-corrected chi connectivity index (χ2v) is 5.52. The number of carbonyl (C=O) groups excluding carboxylic acids is 1. The molecule has 0 unspecified atom stereocenters. The van der Waals surface area contributed by atoms with E-state index in [-0.39, 0.29) is 11.4 Å². The van der Waals surface area contributed by atoms with E-state index < -0.39 is 0 Å². The Morgan fingerprint density at radius 3 is 2.88 bits per heavy atom. The van der Waals surface area contributed by atoms with Crippen molar-refractivity contribution in [2.45, 2.75) is 32.6 Å². The molecule has 0 aromatic rings. The number of carbonyl (C=O) groups is 1. The molecule has 2 bridgehead atoms. The van der Waals surface area contributed by atoms with Crippen LogP contribution in [0.5, 0.6) is 0 Å². The third-order valence-corrected chi connectivity index (χ3v) is 4.17. The summed E-state index contributed by atoms with van der Waals surface area (Å²) in [5.74, 6) is 1.63. The van der Waals surface area contributed by atoms with Gasteiger partial charge in [-0.2, -0.15) is 0 Å². The van der Waals surface area contributed by atoms with Crippen LogP contribution in [0.25, 0.3) is 0 Å². The maximum Gasteiger partial charge on any atom is 0.312 e. The standard InChI is InChI=1S/C13H19ClO2/c1-13(9-10-4-5-11(13)8-10)12(15)16-7-3-2-6-14/h4-5,10-11H,2-3,6-9H2,1H3/t10-,11+,13-/m1/s1. The Hall–Kier alpha value is -0.500. The number of halogens is 1. The summed E-state index contributed by atoms with van der Waals surface area (Å²) >= 11 is 5.57. The van der Waals surface area contributed by atoms with Crippen molar-refractivity contribution in [2.24, 2.45) is 17.3 Å². The molecule has 0 spiro atoms. The van der Waals surface area contributed by atoms with Gasteiger partial charge in [0.2, 0.25) is 0 Å². The highest BCUT2D eigenvalue weighted by Gasteiger charge is 2.50. The summed E-state index contributed by atoms with van der Waals surface area (Å²) in [6.45, 7) is 2.56. The fourth-order valence-electron chi connectivity index (χ4n) is 2.86. The van der Waals surface area contributed by atoms with E-state index in [1.807, 2.05) is 6.92 Å². The maximum absolute atomic E-state index is 12.0. The minimum atomic E-state index is -0.264. The van der Waals surface area contributed by atoms with Gasteiger partial charge < -0.3 is 4.74 Å². The van der Waals surface area contributed by atoms with Crippen molar-refractivity contribution in [3.8, 4) is 0 Å². The molecule has 0 radical (unpaired) electrons. The van der Waals surface area contributed by atoms with Crippen molar-refractivity contribution in [1.82, 2.24) is 0 Å². The van der Waals surface area contributed by atoms with Crippen LogP contribution >= 0.6 is 11.6 Å². The van der Waals surface area contributed by atoms with Crippen LogP contribution in [0.4, 0.5) is 0 Å². The van der Waals surface area contributed by atoms with Crippen LogP contribution in [-0.2, 0) is 9.53 Å². The fraction of sp³-hybridized carbons (Fsp3) is 0.769. The fourth-order valence-corrected chi connectivity index (χ4v) is 3.04. The van der Waals surface area contributed by atoms with E-state index in [1.165, 1.54) is 0 Å². The van der Waals surface area contributed by atoms with Gasteiger partial charge in [0, 0.05) is 5.88 Å². The van der Waals surface area contributed by atoms with Crippen LogP contribution in [0.15, 0.2) is 12.2 Å². The van der Waals surface area contributed by atoms with Gasteiger partial charge in [-0.25, -0.2) is 0 Å². The monoisotopic (exact) mass is 242 g/mol. The number of fused-ring (bicyclic) bond motifs is 2. The Bertz CT molecular complexity index is 300. The van der Waals surface area contributed by atoms with E-state index >= 15 is 0 Å². The quantitative estimate of drug-likeness (QED) is 0.320. The second kappa shape index (κ2) is 4.79. The number of allylic oxidation sites excluding steroid dienone is 2. The van der Waals surface area contributed by atoms with Crippen molar-refractivity contribution in [2.75, 3.05) is 12.5 Å². The highest BCUT2D eigenvalue weighted by atomic mass is 35.5. The van der Waals surface area contributed by atoms with Gasteiger partial charge >= 0.3 is 5.97 Å². The van der Waals surface area contributed by atoms with E-state index in [9.17, 15) is 4.79 Å². The Morgan fingerprint density at radius 2 is 2.31 bits per heavy atom. The molecule has 0 heterocycles. The zero-order valence-corrected chi connectivity index (χ0v) is 10.5. The molecule has 16 heavy (non-hydrogen) atoms. The summed E-state index contributed by atoms with van der Waals surface area (Å²) in [6.07, 6.45) is 8.31. The minimum absolute atomic E-state index is 0.0149. The highest BCUT2D eigenvalue weighted by Crippen LogP contribution is 2.52. The minimum Gasteiger partial charge on any atom is -0.465 e. The molecule has 1 fully saturated rings. The van der Waals surface area contributed by atoms with Crippen molar-refractivity contribution < 1.29 is 9.53 Å². The molecule has 2 aliphatic carbocycles. The molecule has 2 rings (SSSR count). The highest BCUT2D eigenvalue weighted by molar-refractivity contribution is 6.17. The number of alkyl halides is 1. The molecule has 0 aromatic carbocycles. The molecule has 0 N–H and O–H groups in total. The predicted octanol–water partition coefficient (Wildman–Crippen LogP) is 3.15. The van der Waals surface area contributed by atoms with Crippen LogP contribution in [0.1, 0.15) is 32.6 Å². The Balaban J connectivity index is 1.83. The molecule has 1 saturated carbocycles. The van der Waals surface area contributed by atoms with Crippen molar-refractivity contribution in [3.05, 3.63) is 12.2 Å². The molecule has 2 nitrogen and oxygen atoms in total. The average molecular weight is 243 g/mol. The van der Waals surface area contributed by atoms with E-state index in [0.717, 1.165) is 25.7 Å². The first-order valence-electron chi connectivity index (χ1n) is 6.08. The van der Waals surface area contributed by atoms with Crippen LogP contribution < -0.4 is 0 Å². The zero-order valence-electron chi connectivity index (χ0n) is 9.75. The Morgan fingerprint density at radius 1 is 1.50 bits per heavy atom. The number of unbranched alkanes of at least 4 members (excludes halogenated alkanes) is 1. The van der Waals surface area contributed by atoms with Crippen LogP contribution in [0.3, 0.4) is 0 Å². The summed E-state index contributed by atoms with van der Waals surface area (Å²) in [5.41, 5.74) is -0.264. The zero-order chi connectivity index (χ0) is 11.6. The van der Waals surface area contributed by atoms with Crippen LogP contribution in [0.2, 0.25) is 0 Å². The lowest BCUT2D eigenvalue weighted by Gasteiger charge is -2.28. The molecular formula is C13H19ClO2. The van der Waals surface area contributed by atoms with Gasteiger partial charge in [-0.05, 0) is 44.4 Å². The van der Waals surface area contributed by atoms with E-state index in [0.29, 0.717) is 24.3 Å². The smallest absolute Gasteiger partial charge is 0.312 e. The summed E-state index contributed by atoms with van der Waals surface area (Å²) < 4.78 is 5.35. The molecule has 3 heteroatoms. The number of hydrogen-bond acceptors (Lipinski definition) is 2. The van der Waals surface area contributed by atoms with Gasteiger partial charge in [-0.3, -0.25) is 4.79 Å². The number of esters is 1. The van der Waals surface area contributed by atoms with Crippen LogP contribution in [-0.4, -0.2) is 18.5 Å². The number of rotatable bonds is 5. The van der Waals surface area contributed by atoms with Gasteiger partial charge in [-0.15, -0.1) is 11.6 Å². The number of ether oxygens (including phenoxy) is 1. The SMILES string of the molecule is C[C@@]1(C(=O)OCCCCCl)C[C@@H]2C=C[C@H]1C2. The summed E-state index contributed by atoms with van der Waals surface area (Å²) in [6, 6.07) is 0. The lowest BCUT2D eigenvalue weighted by atomic mass is 9.78. The maximum atomic E-state index is 12.0. The van der Waals surface area contributed by atoms with Gasteiger partial charge in [0.15, 0.2) is 0 Å². The van der Waals surface area contributed by atoms with Crippen molar-refractivity contribution >= 4 is 17.6 Å². The molecule has 3 atom stereocenters. The second-order valence-electron chi connectivity index (χ2n) is 5.14. The third-order valence-electron chi connectivity index (χ3n) is 3.90. The third kappa shape index (κ3) is 2.13. The number of hydrogen-bond donors (Lipinski definition) is 0. The lowest BCUT2D eigenvalue weighted by molar-refractivity contribution is -0.156. The van der Waals surface area contributed by atoms with Gasteiger partial charge in [0.1, 0.15) is 0 Å². The van der Waals surface area contributed by atoms with Crippen molar-refractivity contribution in [3.63, 3.8) is 0 Å². The summed E-state index contributed by atoms with van der Waals surface area (Å²) in [5, 5.41) is 0. The predicted molar refractivity (Wildman–Crippen MR) is 64.4 cm³/mol. The molecular weight excluding hydrogens is 224 g/mol. The summed E-state index contributed by atoms with van der Waals surface area (Å²) in [7, 11) is 0. The largest absolute Gasteiger partial charge is 0.465 e.